The monoisotopic (exact) mass is 431 g/mol. The lowest BCUT2D eigenvalue weighted by atomic mass is 10.0. The van der Waals surface area contributed by atoms with Crippen molar-refractivity contribution in [2.75, 3.05) is 22.7 Å². The molecular weight excluding hydrogens is 410 g/mol. The van der Waals surface area contributed by atoms with Crippen molar-refractivity contribution < 1.29 is 9.53 Å². The summed E-state index contributed by atoms with van der Waals surface area (Å²) >= 11 is 1.51. The van der Waals surface area contributed by atoms with Crippen LogP contribution in [0.5, 0.6) is 5.75 Å². The highest BCUT2D eigenvalue weighted by Crippen LogP contribution is 2.34. The number of carbonyl (C=O) groups is 1. The summed E-state index contributed by atoms with van der Waals surface area (Å²) in [6, 6.07) is 20.0. The Balaban J connectivity index is 1.31. The van der Waals surface area contributed by atoms with E-state index in [-0.39, 0.29) is 5.91 Å². The van der Waals surface area contributed by atoms with E-state index in [0.717, 1.165) is 23.7 Å². The summed E-state index contributed by atoms with van der Waals surface area (Å²) in [5, 5.41) is 12.6. The summed E-state index contributed by atoms with van der Waals surface area (Å²) in [6.45, 7) is 3.24. The normalized spacial score (nSPS) is 13.0. The summed E-state index contributed by atoms with van der Waals surface area (Å²) in [5.74, 6) is 1.91. The van der Waals surface area contributed by atoms with Gasteiger partial charge in [-0.3, -0.25) is 10.1 Å². The largest absolute Gasteiger partial charge is 0.473 e. The highest BCUT2D eigenvalue weighted by molar-refractivity contribution is 7.99. The molecule has 0 atom stereocenters. The maximum atomic E-state index is 12.5. The first-order valence-electron chi connectivity index (χ1n) is 10.1. The van der Waals surface area contributed by atoms with Crippen LogP contribution in [-0.2, 0) is 6.54 Å². The second-order valence-electron chi connectivity index (χ2n) is 7.14. The molecule has 0 fully saturated rings. The average molecular weight is 432 g/mol. The van der Waals surface area contributed by atoms with E-state index in [2.05, 4.69) is 43.6 Å². The summed E-state index contributed by atoms with van der Waals surface area (Å²) in [6.07, 6.45) is 0. The quantitative estimate of drug-likeness (QED) is 0.447. The van der Waals surface area contributed by atoms with Gasteiger partial charge in [0.2, 0.25) is 11.1 Å². The Labute approximate surface area is 183 Å². The average Bonchev–Trinajstić information content (AvgIpc) is 3.25. The Morgan fingerprint density at radius 1 is 1.16 bits per heavy atom. The Morgan fingerprint density at radius 2 is 2.00 bits per heavy atom. The van der Waals surface area contributed by atoms with Crippen LogP contribution >= 0.6 is 11.8 Å². The van der Waals surface area contributed by atoms with Crippen LogP contribution in [0.1, 0.15) is 22.8 Å². The predicted octanol–water partition coefficient (Wildman–Crippen LogP) is 4.68. The van der Waals surface area contributed by atoms with Crippen LogP contribution in [0.15, 0.2) is 65.8 Å². The maximum Gasteiger partial charge on any atom is 0.258 e. The summed E-state index contributed by atoms with van der Waals surface area (Å²) in [5.41, 5.74) is 2.72. The smallest absolute Gasteiger partial charge is 0.258 e. The number of nitrogens with one attached hydrogen (secondary N) is 2. The zero-order valence-electron chi connectivity index (χ0n) is 17.0. The van der Waals surface area contributed by atoms with E-state index < -0.39 is 0 Å². The number of nitrogens with zero attached hydrogens (tertiary/aromatic N) is 3. The molecule has 1 amide bonds. The molecule has 1 aromatic heterocycles. The molecule has 1 aliphatic rings. The van der Waals surface area contributed by atoms with Crippen LogP contribution in [-0.4, -0.2) is 33.6 Å². The molecular formula is C23H21N5O2S. The van der Waals surface area contributed by atoms with Crippen LogP contribution in [0.2, 0.25) is 0 Å². The number of anilines is 2. The molecule has 4 aromatic rings. The number of H-pyrrole nitrogens is 1. The van der Waals surface area contributed by atoms with Crippen molar-refractivity contribution in [2.24, 2.45) is 0 Å². The van der Waals surface area contributed by atoms with Gasteiger partial charge in [-0.25, -0.2) is 5.10 Å². The maximum absolute atomic E-state index is 12.5. The van der Waals surface area contributed by atoms with Crippen LogP contribution in [0.4, 0.5) is 11.6 Å². The third-order valence-corrected chi connectivity index (χ3v) is 5.92. The molecule has 0 unspecified atom stereocenters. The van der Waals surface area contributed by atoms with Crippen molar-refractivity contribution in [1.29, 1.82) is 0 Å². The zero-order chi connectivity index (χ0) is 21.2. The van der Waals surface area contributed by atoms with Crippen LogP contribution < -0.4 is 15.0 Å². The lowest BCUT2D eigenvalue weighted by Crippen LogP contribution is -2.32. The number of hydrogen-bond donors (Lipinski definition) is 2. The van der Waals surface area contributed by atoms with Gasteiger partial charge in [-0.2, -0.15) is 4.98 Å². The number of aromatic nitrogens is 3. The molecule has 0 radical (unpaired) electrons. The van der Waals surface area contributed by atoms with Crippen molar-refractivity contribution in [1.82, 2.24) is 15.2 Å². The molecule has 1 aliphatic heterocycles. The van der Waals surface area contributed by atoms with Crippen molar-refractivity contribution >= 4 is 40.1 Å². The molecule has 0 bridgehead atoms. The van der Waals surface area contributed by atoms with E-state index in [0.29, 0.717) is 23.4 Å². The van der Waals surface area contributed by atoms with Crippen molar-refractivity contribution in [3.63, 3.8) is 0 Å². The fourth-order valence-electron chi connectivity index (χ4n) is 3.66. The molecule has 0 saturated heterocycles. The van der Waals surface area contributed by atoms with E-state index in [1.165, 1.54) is 28.1 Å². The lowest BCUT2D eigenvalue weighted by molar-refractivity contribution is 0.102. The molecule has 5 rings (SSSR count). The van der Waals surface area contributed by atoms with Crippen molar-refractivity contribution in [2.45, 2.75) is 18.6 Å². The van der Waals surface area contributed by atoms with Gasteiger partial charge in [0.05, 0.1) is 6.54 Å². The molecule has 7 nitrogen and oxygen atoms in total. The van der Waals surface area contributed by atoms with Crippen LogP contribution in [0.25, 0.3) is 10.8 Å². The minimum Gasteiger partial charge on any atom is -0.473 e. The lowest BCUT2D eigenvalue weighted by Gasteiger charge is -2.31. The van der Waals surface area contributed by atoms with Gasteiger partial charge >= 0.3 is 0 Å². The molecule has 0 spiro atoms. The number of thioether (sulfide) groups is 1. The number of benzene rings is 3. The van der Waals surface area contributed by atoms with Gasteiger partial charge in [-0.15, -0.1) is 5.10 Å². The Bertz CT molecular complexity index is 1240. The molecule has 2 heterocycles. The number of amides is 1. The molecule has 0 saturated carbocycles. The minimum atomic E-state index is -0.234. The summed E-state index contributed by atoms with van der Waals surface area (Å²) in [4.78, 5) is 18.9. The summed E-state index contributed by atoms with van der Waals surface area (Å²) in [7, 11) is 0. The van der Waals surface area contributed by atoms with Gasteiger partial charge in [0.25, 0.3) is 5.91 Å². The SMILES string of the molecule is CCSc1n[nH]c(NC(=O)c2ccc(N3COc4ccc5ccccc5c4C3)cc2)n1. The third-order valence-electron chi connectivity index (χ3n) is 5.19. The van der Waals surface area contributed by atoms with Gasteiger partial charge in [-0.1, -0.05) is 49.0 Å². The number of rotatable bonds is 5. The Hall–Kier alpha value is -3.52. The van der Waals surface area contributed by atoms with Crippen LogP contribution in [0, 0.1) is 0 Å². The van der Waals surface area contributed by atoms with E-state index >= 15 is 0 Å². The Morgan fingerprint density at radius 3 is 2.84 bits per heavy atom. The number of fused-ring (bicyclic) bond motifs is 3. The number of ether oxygens (including phenoxy) is 1. The highest BCUT2D eigenvalue weighted by atomic mass is 32.2. The first kappa shape index (κ1) is 19.4. The molecule has 0 aliphatic carbocycles. The van der Waals surface area contributed by atoms with E-state index in [4.69, 9.17) is 4.74 Å². The van der Waals surface area contributed by atoms with Crippen LogP contribution in [0.3, 0.4) is 0 Å². The third kappa shape index (κ3) is 3.94. The first-order valence-corrected chi connectivity index (χ1v) is 11.0. The Kier molecular flexibility index (Phi) is 5.21. The van der Waals surface area contributed by atoms with E-state index in [9.17, 15) is 4.79 Å². The highest BCUT2D eigenvalue weighted by Gasteiger charge is 2.20. The number of hydrogen-bond acceptors (Lipinski definition) is 6. The molecule has 31 heavy (non-hydrogen) atoms. The van der Waals surface area contributed by atoms with Gasteiger partial charge in [0, 0.05) is 16.8 Å². The molecule has 156 valence electrons. The van der Waals surface area contributed by atoms with Crippen molar-refractivity contribution in [3.05, 3.63) is 71.8 Å². The fraction of sp³-hybridized carbons (Fsp3) is 0.174. The van der Waals surface area contributed by atoms with E-state index in [1.807, 2.05) is 37.3 Å². The molecule has 8 heteroatoms. The topological polar surface area (TPSA) is 83.1 Å². The van der Waals surface area contributed by atoms with Gasteiger partial charge in [0.15, 0.2) is 6.73 Å². The number of aromatic amines is 1. The van der Waals surface area contributed by atoms with Gasteiger partial charge < -0.3 is 9.64 Å². The van der Waals surface area contributed by atoms with Gasteiger partial charge in [-0.05, 0) is 46.9 Å². The first-order chi connectivity index (χ1) is 15.2. The molecule has 2 N–H and O–H groups in total. The zero-order valence-corrected chi connectivity index (χ0v) is 17.8. The van der Waals surface area contributed by atoms with Crippen molar-refractivity contribution in [3.8, 4) is 5.75 Å². The van der Waals surface area contributed by atoms with Gasteiger partial charge in [0.1, 0.15) is 5.75 Å². The minimum absolute atomic E-state index is 0.234. The number of carbonyl (C=O) groups excluding carboxylic acids is 1. The predicted molar refractivity (Wildman–Crippen MR) is 123 cm³/mol. The van der Waals surface area contributed by atoms with E-state index in [1.54, 1.807) is 12.1 Å². The fourth-order valence-corrected chi connectivity index (χ4v) is 4.19. The standard InChI is InChI=1S/C23H21N5O2S/c1-2-31-23-25-22(26-27-23)24-21(29)16-7-10-17(11-8-16)28-13-19-18-6-4-3-5-15(18)9-12-20(19)30-14-28/h3-12H,2,13-14H2,1H3,(H2,24,25,26,27,29). The summed E-state index contributed by atoms with van der Waals surface area (Å²) < 4.78 is 6.00. The second-order valence-corrected chi connectivity index (χ2v) is 8.37. The molecule has 3 aromatic carbocycles. The second kappa shape index (κ2) is 8.31.